The lowest BCUT2D eigenvalue weighted by atomic mass is 10.2. The number of hydrogen-bond acceptors (Lipinski definition) is 5. The molecule has 3 heterocycles. The highest BCUT2D eigenvalue weighted by atomic mass is 19.4. The van der Waals surface area contributed by atoms with E-state index in [1.54, 1.807) is 0 Å². The highest BCUT2D eigenvalue weighted by Gasteiger charge is 2.37. The van der Waals surface area contributed by atoms with E-state index in [0.717, 1.165) is 6.07 Å². The Morgan fingerprint density at radius 2 is 1.92 bits per heavy atom. The fraction of sp³-hybridized carbons (Fsp3) is 0.400. The number of nitrogens with zero attached hydrogens (tertiary/aromatic N) is 4. The van der Waals surface area contributed by atoms with Gasteiger partial charge in [-0.1, -0.05) is 0 Å². The zero-order valence-electron chi connectivity index (χ0n) is 12.4. The summed E-state index contributed by atoms with van der Waals surface area (Å²) in [5.74, 6) is -0.176. The molecule has 1 aliphatic rings. The highest BCUT2D eigenvalue weighted by molar-refractivity contribution is 5.58. The summed E-state index contributed by atoms with van der Waals surface area (Å²) < 4.78 is 53.1. The van der Waals surface area contributed by atoms with Gasteiger partial charge in [0.25, 0.3) is 0 Å². The predicted octanol–water partition coefficient (Wildman–Crippen LogP) is 2.47. The lowest BCUT2D eigenvalue weighted by Crippen LogP contribution is -2.33. The van der Waals surface area contributed by atoms with Crippen molar-refractivity contribution in [2.45, 2.75) is 24.8 Å². The van der Waals surface area contributed by atoms with Gasteiger partial charge < -0.3 is 10.0 Å². The first-order chi connectivity index (χ1) is 11.4. The van der Waals surface area contributed by atoms with Gasteiger partial charge in [0.1, 0.15) is 12.0 Å². The molecule has 24 heavy (non-hydrogen) atoms. The van der Waals surface area contributed by atoms with Crippen LogP contribution in [0.5, 0.6) is 0 Å². The molecular weight excluding hydrogens is 328 g/mol. The van der Waals surface area contributed by atoms with Crippen molar-refractivity contribution in [2.24, 2.45) is 0 Å². The van der Waals surface area contributed by atoms with E-state index in [-0.39, 0.29) is 31.2 Å². The van der Waals surface area contributed by atoms with E-state index in [4.69, 9.17) is 0 Å². The number of anilines is 1. The van der Waals surface area contributed by atoms with Crippen LogP contribution < -0.4 is 4.90 Å². The van der Waals surface area contributed by atoms with E-state index >= 15 is 0 Å². The van der Waals surface area contributed by atoms with Crippen molar-refractivity contribution in [1.29, 1.82) is 0 Å². The number of alkyl halides is 4. The van der Waals surface area contributed by atoms with Gasteiger partial charge in [0.2, 0.25) is 0 Å². The van der Waals surface area contributed by atoms with Gasteiger partial charge in [0.15, 0.2) is 11.5 Å². The van der Waals surface area contributed by atoms with Crippen LogP contribution in [0.3, 0.4) is 0 Å². The summed E-state index contributed by atoms with van der Waals surface area (Å²) >= 11 is 0. The van der Waals surface area contributed by atoms with Gasteiger partial charge in [-0.15, -0.1) is 0 Å². The zero-order chi connectivity index (χ0) is 17.3. The maximum atomic E-state index is 13.6. The molecule has 2 aromatic rings. The van der Waals surface area contributed by atoms with Crippen molar-refractivity contribution in [3.8, 4) is 11.4 Å². The average molecular weight is 342 g/mol. The smallest absolute Gasteiger partial charge is 0.394 e. The minimum atomic E-state index is -4.66. The Balaban J connectivity index is 2.09. The second-order valence-corrected chi connectivity index (χ2v) is 5.49. The molecule has 0 saturated carbocycles. The number of halogens is 4. The first-order valence-electron chi connectivity index (χ1n) is 7.26. The molecule has 2 atom stereocenters. The molecule has 1 saturated heterocycles. The number of aliphatic hydroxyl groups is 1. The molecule has 0 aromatic carbocycles. The Morgan fingerprint density at radius 3 is 2.54 bits per heavy atom. The largest absolute Gasteiger partial charge is 0.433 e. The fourth-order valence-electron chi connectivity index (χ4n) is 2.67. The Bertz CT molecular complexity index is 710. The molecule has 2 aromatic heterocycles. The van der Waals surface area contributed by atoms with E-state index in [2.05, 4.69) is 15.0 Å². The van der Waals surface area contributed by atoms with E-state index < -0.39 is 24.1 Å². The van der Waals surface area contributed by atoms with Crippen LogP contribution in [0, 0.1) is 0 Å². The molecule has 1 N–H and O–H groups in total. The van der Waals surface area contributed by atoms with Crippen molar-refractivity contribution in [3.05, 3.63) is 36.3 Å². The molecule has 0 bridgehead atoms. The maximum Gasteiger partial charge on any atom is 0.433 e. The summed E-state index contributed by atoms with van der Waals surface area (Å²) in [7, 11) is 0. The third-order valence-electron chi connectivity index (χ3n) is 3.81. The monoisotopic (exact) mass is 342 g/mol. The van der Waals surface area contributed by atoms with Crippen LogP contribution in [0.2, 0.25) is 0 Å². The first-order valence-corrected chi connectivity index (χ1v) is 7.26. The van der Waals surface area contributed by atoms with Crippen molar-refractivity contribution in [3.63, 3.8) is 0 Å². The van der Waals surface area contributed by atoms with Crippen LogP contribution in [0.25, 0.3) is 11.4 Å². The quantitative estimate of drug-likeness (QED) is 0.869. The molecule has 9 heteroatoms. The first kappa shape index (κ1) is 16.6. The number of aromatic nitrogens is 3. The molecule has 5 nitrogen and oxygen atoms in total. The fourth-order valence-corrected chi connectivity index (χ4v) is 2.67. The normalized spacial score (nSPS) is 21.3. The van der Waals surface area contributed by atoms with Crippen molar-refractivity contribution in [1.82, 2.24) is 15.0 Å². The number of rotatable bonds is 3. The van der Waals surface area contributed by atoms with Gasteiger partial charge in [-0.25, -0.2) is 14.4 Å². The highest BCUT2D eigenvalue weighted by Crippen LogP contribution is 2.34. The molecule has 1 fully saturated rings. The van der Waals surface area contributed by atoms with Crippen LogP contribution in [-0.2, 0) is 6.18 Å². The Hall–Kier alpha value is -2.29. The van der Waals surface area contributed by atoms with Crippen LogP contribution >= 0.6 is 0 Å². The number of pyridine rings is 1. The van der Waals surface area contributed by atoms with Gasteiger partial charge in [-0.3, -0.25) is 4.98 Å². The Labute approximate surface area is 135 Å². The van der Waals surface area contributed by atoms with E-state index in [1.165, 1.54) is 29.4 Å². The molecule has 3 rings (SSSR count). The molecule has 0 radical (unpaired) electrons. The van der Waals surface area contributed by atoms with Crippen molar-refractivity contribution < 1.29 is 22.7 Å². The minimum absolute atomic E-state index is 0.0481. The summed E-state index contributed by atoms with van der Waals surface area (Å²) in [6.07, 6.45) is -3.00. The summed E-state index contributed by atoms with van der Waals surface area (Å²) in [6.45, 7) is -0.480. The summed E-state index contributed by atoms with van der Waals surface area (Å²) in [6, 6.07) is 3.15. The van der Waals surface area contributed by atoms with E-state index in [0.29, 0.717) is 5.56 Å². The Morgan fingerprint density at radius 1 is 1.21 bits per heavy atom. The van der Waals surface area contributed by atoms with Gasteiger partial charge in [-0.2, -0.15) is 13.2 Å². The standard InChI is InChI=1S/C15H14F4N4O/c16-10-5-11(8-24)23(7-10)13-6-12(15(17,18)19)21-14(22-13)9-1-3-20-4-2-9/h1-4,6,10-11,24H,5,7-8H2/t10-,11-/m0/s1. The summed E-state index contributed by atoms with van der Waals surface area (Å²) in [5, 5.41) is 9.35. The summed E-state index contributed by atoms with van der Waals surface area (Å²) in [4.78, 5) is 12.9. The second kappa shape index (κ2) is 6.31. The summed E-state index contributed by atoms with van der Waals surface area (Å²) in [5.41, 5.74) is -0.743. The van der Waals surface area contributed by atoms with E-state index in [1.807, 2.05) is 0 Å². The maximum absolute atomic E-state index is 13.6. The molecule has 0 amide bonds. The lowest BCUT2D eigenvalue weighted by molar-refractivity contribution is -0.141. The van der Waals surface area contributed by atoms with Crippen LogP contribution in [-0.4, -0.2) is 45.4 Å². The van der Waals surface area contributed by atoms with Gasteiger partial charge in [-0.05, 0) is 12.1 Å². The van der Waals surface area contributed by atoms with Crippen molar-refractivity contribution in [2.75, 3.05) is 18.1 Å². The van der Waals surface area contributed by atoms with E-state index in [9.17, 15) is 22.7 Å². The molecule has 0 unspecified atom stereocenters. The van der Waals surface area contributed by atoms with Crippen LogP contribution in [0.4, 0.5) is 23.4 Å². The zero-order valence-corrected chi connectivity index (χ0v) is 12.4. The van der Waals surface area contributed by atoms with Gasteiger partial charge in [0, 0.05) is 30.4 Å². The van der Waals surface area contributed by atoms with Gasteiger partial charge in [0.05, 0.1) is 19.2 Å². The molecule has 1 aliphatic heterocycles. The van der Waals surface area contributed by atoms with Crippen LogP contribution in [0.1, 0.15) is 12.1 Å². The average Bonchev–Trinajstić information content (AvgIpc) is 2.95. The molecule has 128 valence electrons. The number of aliphatic hydroxyl groups excluding tert-OH is 1. The molecular formula is C15H14F4N4O. The number of hydrogen-bond donors (Lipinski definition) is 1. The minimum Gasteiger partial charge on any atom is -0.394 e. The topological polar surface area (TPSA) is 62.1 Å². The van der Waals surface area contributed by atoms with Crippen LogP contribution in [0.15, 0.2) is 30.6 Å². The third-order valence-corrected chi connectivity index (χ3v) is 3.81. The SMILES string of the molecule is OC[C@@H]1C[C@H](F)CN1c1cc(C(F)(F)F)nc(-c2ccncc2)n1. The lowest BCUT2D eigenvalue weighted by Gasteiger charge is -2.24. The van der Waals surface area contributed by atoms with Crippen molar-refractivity contribution >= 4 is 5.82 Å². The Kier molecular flexibility index (Phi) is 4.35. The molecule has 0 aliphatic carbocycles. The second-order valence-electron chi connectivity index (χ2n) is 5.49. The molecule has 0 spiro atoms. The third kappa shape index (κ3) is 3.30. The van der Waals surface area contributed by atoms with Gasteiger partial charge >= 0.3 is 6.18 Å². The predicted molar refractivity (Wildman–Crippen MR) is 78.0 cm³/mol.